The average molecular weight is 404 g/mol. The molecule has 7 nitrogen and oxygen atoms in total. The van der Waals surface area contributed by atoms with Gasteiger partial charge >= 0.3 is 0 Å². The lowest BCUT2D eigenvalue weighted by atomic mass is 9.98. The van der Waals surface area contributed by atoms with Crippen molar-refractivity contribution in [2.45, 2.75) is 13.0 Å². The number of aromatic nitrogens is 4. The Hall–Kier alpha value is -3.52. The number of nitrogens with zero attached hydrogens (tertiary/aromatic N) is 4. The van der Waals surface area contributed by atoms with E-state index in [0.29, 0.717) is 30.0 Å². The Labute approximate surface area is 172 Å². The zero-order valence-electron chi connectivity index (χ0n) is 16.5. The quantitative estimate of drug-likeness (QED) is 0.507. The number of pyridine rings is 2. The Balaban J connectivity index is 1.81. The molecule has 30 heavy (non-hydrogen) atoms. The van der Waals surface area contributed by atoms with Crippen LogP contribution in [0.4, 0.5) is 15.9 Å². The largest absolute Gasteiger partial charge is 0.396 e. The number of rotatable bonds is 3. The molecule has 0 unspecified atom stereocenters. The van der Waals surface area contributed by atoms with Crippen molar-refractivity contribution < 1.29 is 9.13 Å². The van der Waals surface area contributed by atoms with Gasteiger partial charge in [-0.3, -0.25) is 10.1 Å². The topological polar surface area (TPSA) is 93.0 Å². The molecule has 5 rings (SSSR count). The number of halogens is 1. The van der Waals surface area contributed by atoms with Crippen LogP contribution in [0.15, 0.2) is 48.8 Å². The fraction of sp³-hybridized carbons (Fsp3) is 0.227. The first kappa shape index (κ1) is 18.5. The van der Waals surface area contributed by atoms with E-state index < -0.39 is 5.82 Å². The maximum absolute atomic E-state index is 14.3. The van der Waals surface area contributed by atoms with E-state index in [9.17, 15) is 4.39 Å². The highest BCUT2D eigenvalue weighted by Crippen LogP contribution is 2.38. The minimum absolute atomic E-state index is 0.117. The number of nitrogen functional groups attached to an aromatic ring is 1. The molecule has 0 aliphatic carbocycles. The molecule has 8 heteroatoms. The van der Waals surface area contributed by atoms with Gasteiger partial charge in [-0.1, -0.05) is 12.1 Å². The average Bonchev–Trinajstić information content (AvgIpc) is 3.30. The van der Waals surface area contributed by atoms with E-state index in [4.69, 9.17) is 15.5 Å². The van der Waals surface area contributed by atoms with E-state index >= 15 is 0 Å². The standard InChI is InChI=1S/C22H21FN6O/c1-13-12-30-10-9-29(13)19-11-16(14-3-2-4-17(23)20(14)24)15-5-7-25-22(21(15)27-19)18-6-8-26-28-18/h2-8,11,13H,9-10,12,24H2,1H3,(H,26,28)/t13-/m1/s1. The Kier molecular flexibility index (Phi) is 4.55. The molecule has 1 aliphatic rings. The lowest BCUT2D eigenvalue weighted by molar-refractivity contribution is 0.0986. The predicted molar refractivity (Wildman–Crippen MR) is 115 cm³/mol. The number of hydrogen-bond acceptors (Lipinski definition) is 6. The van der Waals surface area contributed by atoms with Crippen molar-refractivity contribution in [1.82, 2.24) is 20.2 Å². The summed E-state index contributed by atoms with van der Waals surface area (Å²) >= 11 is 0. The van der Waals surface area contributed by atoms with E-state index in [1.165, 1.54) is 6.07 Å². The van der Waals surface area contributed by atoms with Crippen molar-refractivity contribution in [3.8, 4) is 22.5 Å². The number of ether oxygens (including phenoxy) is 1. The van der Waals surface area contributed by atoms with Gasteiger partial charge in [-0.05, 0) is 36.8 Å². The fourth-order valence-electron chi connectivity index (χ4n) is 3.93. The van der Waals surface area contributed by atoms with Gasteiger partial charge in [-0.15, -0.1) is 0 Å². The van der Waals surface area contributed by atoms with Crippen LogP contribution in [0.1, 0.15) is 6.92 Å². The number of morpholine rings is 1. The number of anilines is 2. The second-order valence-electron chi connectivity index (χ2n) is 7.37. The molecule has 1 saturated heterocycles. The summed E-state index contributed by atoms with van der Waals surface area (Å²) in [5.41, 5.74) is 9.85. The molecular weight excluding hydrogens is 383 g/mol. The maximum Gasteiger partial charge on any atom is 0.146 e. The first-order valence-electron chi connectivity index (χ1n) is 9.81. The summed E-state index contributed by atoms with van der Waals surface area (Å²) in [6, 6.07) is 10.7. The molecule has 3 N–H and O–H groups in total. The summed E-state index contributed by atoms with van der Waals surface area (Å²) in [5.74, 6) is 0.340. The molecule has 0 bridgehead atoms. The molecule has 152 valence electrons. The van der Waals surface area contributed by atoms with E-state index in [2.05, 4.69) is 27.0 Å². The normalized spacial score (nSPS) is 16.9. The number of H-pyrrole nitrogens is 1. The highest BCUT2D eigenvalue weighted by Gasteiger charge is 2.23. The van der Waals surface area contributed by atoms with Gasteiger partial charge in [0.15, 0.2) is 0 Å². The second-order valence-corrected chi connectivity index (χ2v) is 7.37. The molecule has 3 aromatic heterocycles. The van der Waals surface area contributed by atoms with Crippen LogP contribution < -0.4 is 10.6 Å². The maximum atomic E-state index is 14.3. The Morgan fingerprint density at radius 3 is 2.90 bits per heavy atom. The zero-order valence-corrected chi connectivity index (χ0v) is 16.5. The number of nitrogens with one attached hydrogen (secondary N) is 1. The molecule has 0 amide bonds. The minimum Gasteiger partial charge on any atom is -0.396 e. The Morgan fingerprint density at radius 1 is 1.20 bits per heavy atom. The van der Waals surface area contributed by atoms with Gasteiger partial charge in [0.2, 0.25) is 0 Å². The van der Waals surface area contributed by atoms with E-state index in [1.807, 2.05) is 24.3 Å². The van der Waals surface area contributed by atoms with Crippen LogP contribution in [0.25, 0.3) is 33.4 Å². The van der Waals surface area contributed by atoms with Crippen LogP contribution in [-0.2, 0) is 4.74 Å². The number of aromatic amines is 1. The Bertz CT molecular complexity index is 1210. The first-order valence-corrected chi connectivity index (χ1v) is 9.81. The van der Waals surface area contributed by atoms with Gasteiger partial charge in [0, 0.05) is 29.9 Å². The zero-order chi connectivity index (χ0) is 20.7. The number of nitrogens with two attached hydrogens (primary N) is 1. The number of fused-ring (bicyclic) bond motifs is 1. The summed E-state index contributed by atoms with van der Waals surface area (Å²) in [6.07, 6.45) is 3.39. The summed E-state index contributed by atoms with van der Waals surface area (Å²) in [4.78, 5) is 11.7. The third-order valence-electron chi connectivity index (χ3n) is 5.48. The lowest BCUT2D eigenvalue weighted by Gasteiger charge is -2.34. The van der Waals surface area contributed by atoms with Crippen LogP contribution in [0, 0.1) is 5.82 Å². The number of hydrogen-bond donors (Lipinski definition) is 2. The van der Waals surface area contributed by atoms with Crippen molar-refractivity contribution >= 4 is 22.4 Å². The van der Waals surface area contributed by atoms with E-state index in [-0.39, 0.29) is 11.7 Å². The summed E-state index contributed by atoms with van der Waals surface area (Å²) < 4.78 is 19.9. The van der Waals surface area contributed by atoms with Gasteiger partial charge in [-0.25, -0.2) is 9.37 Å². The molecule has 0 spiro atoms. The van der Waals surface area contributed by atoms with Gasteiger partial charge in [-0.2, -0.15) is 5.10 Å². The highest BCUT2D eigenvalue weighted by molar-refractivity contribution is 6.03. The van der Waals surface area contributed by atoms with Crippen LogP contribution in [0.2, 0.25) is 0 Å². The van der Waals surface area contributed by atoms with Gasteiger partial charge < -0.3 is 15.4 Å². The van der Waals surface area contributed by atoms with Gasteiger partial charge in [0.1, 0.15) is 22.8 Å². The molecule has 0 saturated carbocycles. The molecule has 1 aliphatic heterocycles. The summed E-state index contributed by atoms with van der Waals surface area (Å²) in [7, 11) is 0. The van der Waals surface area contributed by atoms with Crippen molar-refractivity contribution in [3.63, 3.8) is 0 Å². The lowest BCUT2D eigenvalue weighted by Crippen LogP contribution is -2.44. The van der Waals surface area contributed by atoms with Gasteiger partial charge in [0.25, 0.3) is 0 Å². The molecule has 4 heterocycles. The van der Waals surface area contributed by atoms with E-state index in [1.54, 1.807) is 18.5 Å². The minimum atomic E-state index is -0.443. The van der Waals surface area contributed by atoms with Crippen molar-refractivity contribution in [3.05, 3.63) is 54.6 Å². The smallest absolute Gasteiger partial charge is 0.146 e. The number of benzene rings is 1. The third-order valence-corrected chi connectivity index (χ3v) is 5.48. The first-order chi connectivity index (χ1) is 14.6. The van der Waals surface area contributed by atoms with Crippen molar-refractivity contribution in [2.24, 2.45) is 0 Å². The van der Waals surface area contributed by atoms with E-state index in [0.717, 1.165) is 29.0 Å². The predicted octanol–water partition coefficient (Wildman–Crippen LogP) is 3.63. The molecule has 1 atom stereocenters. The van der Waals surface area contributed by atoms with Crippen LogP contribution in [0.3, 0.4) is 0 Å². The summed E-state index contributed by atoms with van der Waals surface area (Å²) in [6.45, 7) is 4.07. The molecule has 4 aromatic rings. The molecular formula is C22H21FN6O. The van der Waals surface area contributed by atoms with Crippen LogP contribution in [-0.4, -0.2) is 46.0 Å². The molecule has 1 fully saturated rings. The van der Waals surface area contributed by atoms with Crippen molar-refractivity contribution in [1.29, 1.82) is 0 Å². The fourth-order valence-corrected chi connectivity index (χ4v) is 3.93. The van der Waals surface area contributed by atoms with Crippen LogP contribution >= 0.6 is 0 Å². The number of para-hydroxylation sites is 1. The summed E-state index contributed by atoms with van der Waals surface area (Å²) in [5, 5.41) is 7.85. The highest BCUT2D eigenvalue weighted by atomic mass is 19.1. The SMILES string of the molecule is C[C@@H]1COCCN1c1cc(-c2cccc(F)c2N)c2ccnc(-c3ccn[nH]3)c2n1. The van der Waals surface area contributed by atoms with Crippen LogP contribution in [0.5, 0.6) is 0 Å². The monoisotopic (exact) mass is 404 g/mol. The third kappa shape index (κ3) is 3.05. The Morgan fingerprint density at radius 2 is 2.10 bits per heavy atom. The van der Waals surface area contributed by atoms with Gasteiger partial charge in [0.05, 0.1) is 30.6 Å². The molecule has 1 aromatic carbocycles. The second kappa shape index (κ2) is 7.38. The molecule has 0 radical (unpaired) electrons. The van der Waals surface area contributed by atoms with Crippen molar-refractivity contribution in [2.75, 3.05) is 30.4 Å².